The quantitative estimate of drug-likeness (QED) is 0.0677. The van der Waals surface area contributed by atoms with Crippen molar-refractivity contribution in [1.82, 2.24) is 19.6 Å². The van der Waals surface area contributed by atoms with E-state index in [-0.39, 0.29) is 28.3 Å². The second-order valence-corrected chi connectivity index (χ2v) is 19.1. The van der Waals surface area contributed by atoms with Crippen LogP contribution >= 0.6 is 11.6 Å². The smallest absolute Gasteiger partial charge is 0.293 e. The summed E-state index contributed by atoms with van der Waals surface area (Å²) >= 11 is 6.25. The van der Waals surface area contributed by atoms with Crippen LogP contribution in [0.1, 0.15) is 54.9 Å². The number of nitro benzene ring substituents is 1. The third kappa shape index (κ3) is 10.5. The summed E-state index contributed by atoms with van der Waals surface area (Å²) in [7, 11) is -2.80. The Morgan fingerprint density at radius 3 is 2.57 bits per heavy atom. The van der Waals surface area contributed by atoms with Crippen molar-refractivity contribution in [2.24, 2.45) is 11.3 Å². The van der Waals surface area contributed by atoms with E-state index in [2.05, 4.69) is 48.9 Å². The van der Waals surface area contributed by atoms with Gasteiger partial charge in [0.2, 0.25) is 0 Å². The molecule has 2 fully saturated rings. The minimum absolute atomic E-state index is 0.0440. The van der Waals surface area contributed by atoms with Gasteiger partial charge in [-0.25, -0.2) is 18.1 Å². The third-order valence-corrected chi connectivity index (χ3v) is 13.9. The molecule has 4 heterocycles. The number of nitrogens with one attached hydrogen (secondary N) is 3. The molecule has 2 aliphatic heterocycles. The molecule has 1 atom stereocenters. The number of halogens is 1. The summed E-state index contributed by atoms with van der Waals surface area (Å²) in [5.74, 6) is -0.223. The number of piperazine rings is 1. The number of nitro groups is 1. The number of pyridine rings is 1. The summed E-state index contributed by atoms with van der Waals surface area (Å²) in [6.45, 7) is 8.55. The van der Waals surface area contributed by atoms with Crippen LogP contribution in [0.4, 0.5) is 17.1 Å². The number of ether oxygens (including phenoxy) is 3. The van der Waals surface area contributed by atoms with Gasteiger partial charge in [0, 0.05) is 94.0 Å². The molecule has 0 radical (unpaired) electrons. The number of benzene rings is 3. The van der Waals surface area contributed by atoms with Gasteiger partial charge < -0.3 is 29.4 Å². The summed E-state index contributed by atoms with van der Waals surface area (Å²) in [6.07, 6.45) is 7.87. The number of methoxy groups -OCH3 is 1. The van der Waals surface area contributed by atoms with E-state index in [1.807, 2.05) is 18.2 Å². The molecule has 0 spiro atoms. The third-order valence-electron chi connectivity index (χ3n) is 12.3. The number of carbonyl (C=O) groups excluding carboxylic acids is 1. The van der Waals surface area contributed by atoms with Crippen molar-refractivity contribution >= 4 is 61.2 Å². The highest BCUT2D eigenvalue weighted by atomic mass is 35.5. The molecule has 1 amide bonds. The molecule has 3 aliphatic rings. The average molecular weight is 898 g/mol. The van der Waals surface area contributed by atoms with E-state index in [4.69, 9.17) is 25.8 Å². The number of H-pyrrole nitrogens is 1. The van der Waals surface area contributed by atoms with Crippen LogP contribution < -0.4 is 19.7 Å². The van der Waals surface area contributed by atoms with E-state index in [1.54, 1.807) is 31.5 Å². The van der Waals surface area contributed by atoms with Crippen molar-refractivity contribution in [1.29, 1.82) is 0 Å². The van der Waals surface area contributed by atoms with Crippen LogP contribution in [0.25, 0.3) is 16.6 Å². The molecule has 5 aromatic rings. The van der Waals surface area contributed by atoms with E-state index in [0.29, 0.717) is 55.9 Å². The van der Waals surface area contributed by atoms with Crippen LogP contribution in [0.5, 0.6) is 11.5 Å². The number of allylic oxidation sites excluding steroid dienone is 1. The molecule has 3 N–H and O–H groups in total. The molecule has 15 nitrogen and oxygen atoms in total. The largest absolute Gasteiger partial charge is 0.455 e. The standard InChI is InChI=1S/C46H52ClN7O8S/c1-46(30-60-2)15-11-39(32-3-5-35(47)6-4-32)34(26-46)29-52-17-19-53(20-18-52)36-7-9-40(43(24-36)62-37-23-33-12-16-48-44(33)50-28-37)45(55)51-63(58,59)38-8-10-41(42(25-38)54(56)57)49-27-31-13-21-61-22-14-31/h3-10,12,16,23-25,28,31,49H,11,13-15,17-22,26-27,29-30H2,1-2H3,(H,48,50)(H,51,55). The van der Waals surface area contributed by atoms with Gasteiger partial charge in [-0.2, -0.15) is 0 Å². The number of hydrogen-bond acceptors (Lipinski definition) is 12. The SMILES string of the molecule is COCC1(C)CCC(c2ccc(Cl)cc2)=C(CN2CCN(c3ccc(C(=O)NS(=O)(=O)c4ccc(NCC5CCOCC5)c([N+](=O)[O-])c4)c(Oc4cnc5[nH]ccc5c4)c3)CC2)C1. The van der Waals surface area contributed by atoms with E-state index in [1.165, 1.54) is 41.1 Å². The Bertz CT molecular complexity index is 2610. The highest BCUT2D eigenvalue weighted by Crippen LogP contribution is 2.44. The lowest BCUT2D eigenvalue weighted by Gasteiger charge is -2.40. The van der Waals surface area contributed by atoms with Gasteiger partial charge >= 0.3 is 0 Å². The number of hydrogen-bond donors (Lipinski definition) is 3. The zero-order valence-corrected chi connectivity index (χ0v) is 37.0. The van der Waals surface area contributed by atoms with Crippen molar-refractivity contribution in [2.45, 2.75) is 43.9 Å². The Hall–Kier alpha value is -5.52. The molecule has 1 aliphatic carbocycles. The topological polar surface area (TPSA) is 181 Å². The van der Waals surface area contributed by atoms with Crippen molar-refractivity contribution in [2.75, 3.05) is 76.4 Å². The number of amides is 1. The van der Waals surface area contributed by atoms with Crippen LogP contribution in [0, 0.1) is 21.4 Å². The fourth-order valence-corrected chi connectivity index (χ4v) is 9.98. The first-order valence-corrected chi connectivity index (χ1v) is 23.1. The van der Waals surface area contributed by atoms with E-state index < -0.39 is 31.4 Å². The summed E-state index contributed by atoms with van der Waals surface area (Å²) in [6, 6.07) is 20.3. The Balaban J connectivity index is 1.01. The van der Waals surface area contributed by atoms with E-state index in [9.17, 15) is 23.3 Å². The number of nitrogens with zero attached hydrogens (tertiary/aromatic N) is 4. The molecule has 2 saturated heterocycles. The van der Waals surface area contributed by atoms with Gasteiger partial charge in [0.05, 0.1) is 28.2 Å². The monoisotopic (exact) mass is 897 g/mol. The van der Waals surface area contributed by atoms with Gasteiger partial charge in [-0.1, -0.05) is 36.2 Å². The van der Waals surface area contributed by atoms with Gasteiger partial charge in [0.15, 0.2) is 0 Å². The minimum atomic E-state index is -4.56. The summed E-state index contributed by atoms with van der Waals surface area (Å²) in [5.41, 5.74) is 5.23. The first-order valence-electron chi connectivity index (χ1n) is 21.2. The number of fused-ring (bicyclic) bond motifs is 1. The number of aromatic nitrogens is 2. The van der Waals surface area contributed by atoms with Crippen LogP contribution in [-0.2, 0) is 19.5 Å². The Morgan fingerprint density at radius 2 is 1.83 bits per heavy atom. The van der Waals surface area contributed by atoms with Crippen LogP contribution in [0.3, 0.4) is 0 Å². The van der Waals surface area contributed by atoms with Gasteiger partial charge in [-0.15, -0.1) is 0 Å². The predicted octanol–water partition coefficient (Wildman–Crippen LogP) is 8.29. The van der Waals surface area contributed by atoms with E-state index >= 15 is 0 Å². The predicted molar refractivity (Wildman–Crippen MR) is 243 cm³/mol. The molecule has 332 valence electrons. The van der Waals surface area contributed by atoms with Gasteiger partial charge in [-0.05, 0) is 103 Å². The maximum atomic E-state index is 13.9. The second-order valence-electron chi connectivity index (χ2n) is 16.9. The minimum Gasteiger partial charge on any atom is -0.455 e. The van der Waals surface area contributed by atoms with Crippen LogP contribution in [-0.4, -0.2) is 100 Å². The lowest BCUT2D eigenvalue weighted by atomic mass is 9.72. The Morgan fingerprint density at radius 1 is 1.05 bits per heavy atom. The molecule has 2 aromatic heterocycles. The van der Waals surface area contributed by atoms with Crippen LogP contribution in [0.2, 0.25) is 5.02 Å². The van der Waals surface area contributed by atoms with Gasteiger partial charge in [0.1, 0.15) is 22.8 Å². The zero-order valence-electron chi connectivity index (χ0n) is 35.4. The molecule has 0 bridgehead atoms. The molecular formula is C46H52ClN7O8S. The Kier molecular flexibility index (Phi) is 13.3. The summed E-state index contributed by atoms with van der Waals surface area (Å²) < 4.78 is 46.9. The molecule has 8 rings (SSSR count). The molecule has 17 heteroatoms. The lowest BCUT2D eigenvalue weighted by molar-refractivity contribution is -0.384. The number of carbonyl (C=O) groups is 1. The molecule has 63 heavy (non-hydrogen) atoms. The summed E-state index contributed by atoms with van der Waals surface area (Å²) in [5, 5.41) is 16.7. The fraction of sp³-hybridized carbons (Fsp3) is 0.391. The van der Waals surface area contributed by atoms with E-state index in [0.717, 1.165) is 68.9 Å². The zero-order chi connectivity index (χ0) is 44.1. The lowest BCUT2D eigenvalue weighted by Crippen LogP contribution is -2.47. The van der Waals surface area contributed by atoms with Gasteiger partial charge in [-0.3, -0.25) is 19.8 Å². The van der Waals surface area contributed by atoms with Crippen molar-refractivity contribution < 1.29 is 32.3 Å². The Labute approximate surface area is 372 Å². The number of rotatable bonds is 15. The highest BCUT2D eigenvalue weighted by Gasteiger charge is 2.33. The normalized spacial score (nSPS) is 19.0. The highest BCUT2D eigenvalue weighted by molar-refractivity contribution is 7.90. The maximum absolute atomic E-state index is 13.9. The van der Waals surface area contributed by atoms with Gasteiger partial charge in [0.25, 0.3) is 21.6 Å². The molecule has 3 aromatic carbocycles. The molecular weight excluding hydrogens is 846 g/mol. The average Bonchev–Trinajstić information content (AvgIpc) is 3.75. The second kappa shape index (κ2) is 19.1. The number of sulfonamides is 1. The first-order chi connectivity index (χ1) is 30.4. The first kappa shape index (κ1) is 44.1. The van der Waals surface area contributed by atoms with Crippen molar-refractivity contribution in [3.63, 3.8) is 0 Å². The van der Waals surface area contributed by atoms with Crippen molar-refractivity contribution in [3.8, 4) is 11.5 Å². The fourth-order valence-electron chi connectivity index (χ4n) is 8.87. The summed E-state index contributed by atoms with van der Waals surface area (Å²) in [4.78, 5) is 37.1. The number of aromatic amines is 1. The van der Waals surface area contributed by atoms with Crippen molar-refractivity contribution in [3.05, 3.63) is 117 Å². The van der Waals surface area contributed by atoms with Crippen LogP contribution in [0.15, 0.2) is 95.7 Å². The number of anilines is 2. The maximum Gasteiger partial charge on any atom is 0.293 e. The molecule has 0 saturated carbocycles. The molecule has 1 unspecified atom stereocenters.